The van der Waals surface area contributed by atoms with Crippen LogP contribution in [0.3, 0.4) is 0 Å². The van der Waals surface area contributed by atoms with Crippen LogP contribution in [-0.4, -0.2) is 85.1 Å². The van der Waals surface area contributed by atoms with Crippen molar-refractivity contribution < 1.29 is 20.1 Å². The summed E-state index contributed by atoms with van der Waals surface area (Å²) in [7, 11) is 0. The highest BCUT2D eigenvalue weighted by molar-refractivity contribution is 5.81. The van der Waals surface area contributed by atoms with Crippen LogP contribution in [0.2, 0.25) is 0 Å². The normalized spacial score (nSPS) is 24.4. The molecule has 4 atom stereocenters. The van der Waals surface area contributed by atoms with Gasteiger partial charge in [-0.05, 0) is 0 Å². The largest absolute Gasteiger partial charge is 0.394 e. The van der Waals surface area contributed by atoms with E-state index in [1.165, 1.54) is 23.5 Å². The van der Waals surface area contributed by atoms with Crippen molar-refractivity contribution >= 4 is 28.1 Å². The molecule has 0 saturated carbocycles. The fourth-order valence-corrected chi connectivity index (χ4v) is 2.77. The lowest BCUT2D eigenvalue weighted by Crippen LogP contribution is -2.33. The fraction of sp³-hybridized carbons (Fsp3) is 0.357. The van der Waals surface area contributed by atoms with Gasteiger partial charge in [-0.3, -0.25) is 9.67 Å². The zero-order valence-electron chi connectivity index (χ0n) is 14.2. The van der Waals surface area contributed by atoms with Crippen molar-refractivity contribution in [2.75, 3.05) is 12.3 Å². The van der Waals surface area contributed by atoms with Crippen molar-refractivity contribution in [2.24, 2.45) is 0 Å². The van der Waals surface area contributed by atoms with Crippen molar-refractivity contribution in [3.8, 4) is 0 Å². The molecule has 1 aliphatic rings. The lowest BCUT2D eigenvalue weighted by Gasteiger charge is -2.16. The molecule has 6 N–H and O–H groups in total. The van der Waals surface area contributed by atoms with Crippen molar-refractivity contribution in [3.05, 3.63) is 25.2 Å². The molecule has 1 fully saturated rings. The number of aliphatic hydroxyl groups is 3. The average molecular weight is 388 g/mol. The number of fused-ring (bicyclic) bond motifs is 2. The van der Waals surface area contributed by atoms with Crippen LogP contribution in [0.5, 0.6) is 0 Å². The van der Waals surface area contributed by atoms with Gasteiger partial charge in [0.05, 0.1) is 19.1 Å². The number of nitrogen functional groups attached to an aromatic ring is 1. The van der Waals surface area contributed by atoms with Crippen LogP contribution in [-0.2, 0) is 4.74 Å². The van der Waals surface area contributed by atoms with E-state index in [-0.39, 0.29) is 5.82 Å². The average Bonchev–Trinajstić information content (AvgIpc) is 3.42. The summed E-state index contributed by atoms with van der Waals surface area (Å²) in [5.41, 5.74) is 7.81. The maximum Gasteiger partial charge on any atom is 0.204 e. The third-order valence-electron chi connectivity index (χ3n) is 4.18. The van der Waals surface area contributed by atoms with Gasteiger partial charge in [0.25, 0.3) is 0 Å². The Morgan fingerprint density at radius 1 is 1.14 bits per heavy atom. The number of aliphatic hydroxyl groups excluding tert-OH is 3. The Balaban J connectivity index is 0.000000177. The molecule has 0 radical (unpaired) electrons. The first-order valence-electron chi connectivity index (χ1n) is 8.12. The van der Waals surface area contributed by atoms with E-state index in [1.54, 1.807) is 6.20 Å². The first-order chi connectivity index (χ1) is 13.6. The SMILES string of the molecule is Nc1ncnc2c1ncn2[C@@H]1O[C@H](CO)[C@@H](O)[C@H]1O.c1ncc2[nH]nnc2n1. The molecule has 5 rings (SSSR count). The fourth-order valence-electron chi connectivity index (χ4n) is 2.77. The van der Waals surface area contributed by atoms with E-state index in [1.807, 2.05) is 0 Å². The van der Waals surface area contributed by atoms with E-state index in [0.29, 0.717) is 16.8 Å². The standard InChI is InChI=1S/C10H13N5O4.C4H3N5/c11-8-5-9(13-2-12-8)15(3-14-5)10-7(18)6(17)4(1-16)19-10;1-3-4(6-2-5-1)8-9-7-3/h2-4,6-7,10,16-18H,1H2,(H2,11,12,13);1-2H,(H,5,6,7,8,9)/t4-,6-,7-,10-;/m1./s1. The Labute approximate surface area is 156 Å². The van der Waals surface area contributed by atoms with E-state index < -0.39 is 31.1 Å². The third kappa shape index (κ3) is 3.09. The minimum absolute atomic E-state index is 0.218. The Morgan fingerprint density at radius 3 is 2.75 bits per heavy atom. The second-order valence-corrected chi connectivity index (χ2v) is 5.88. The number of aromatic amines is 1. The minimum Gasteiger partial charge on any atom is -0.394 e. The van der Waals surface area contributed by atoms with Crippen molar-refractivity contribution in [2.45, 2.75) is 24.5 Å². The first kappa shape index (κ1) is 18.1. The number of rotatable bonds is 2. The summed E-state index contributed by atoms with van der Waals surface area (Å²) in [6.45, 7) is -0.390. The molecule has 0 amide bonds. The zero-order chi connectivity index (χ0) is 19.7. The predicted octanol–water partition coefficient (Wildman–Crippen LogP) is -2.23. The Bertz CT molecular complexity index is 1050. The molecular weight excluding hydrogens is 372 g/mol. The molecule has 28 heavy (non-hydrogen) atoms. The first-order valence-corrected chi connectivity index (χ1v) is 8.12. The molecule has 0 spiro atoms. The van der Waals surface area contributed by atoms with E-state index in [2.05, 4.69) is 40.3 Å². The summed E-state index contributed by atoms with van der Waals surface area (Å²) < 4.78 is 6.85. The maximum atomic E-state index is 9.95. The summed E-state index contributed by atoms with van der Waals surface area (Å²) in [6.07, 6.45) is 1.64. The van der Waals surface area contributed by atoms with E-state index >= 15 is 0 Å². The van der Waals surface area contributed by atoms with Gasteiger partial charge in [0.1, 0.15) is 42.0 Å². The number of anilines is 1. The zero-order valence-corrected chi connectivity index (χ0v) is 14.2. The van der Waals surface area contributed by atoms with Gasteiger partial charge in [-0.25, -0.2) is 24.9 Å². The Kier molecular flexibility index (Phi) is 4.74. The van der Waals surface area contributed by atoms with Gasteiger partial charge >= 0.3 is 0 Å². The molecule has 0 unspecified atom stereocenters. The van der Waals surface area contributed by atoms with Crippen LogP contribution in [0.25, 0.3) is 22.3 Å². The molecular formula is C14H16N10O4. The molecule has 14 nitrogen and oxygen atoms in total. The number of nitrogens with two attached hydrogens (primary N) is 1. The maximum absolute atomic E-state index is 9.95. The van der Waals surface area contributed by atoms with Crippen molar-refractivity contribution in [3.63, 3.8) is 0 Å². The highest BCUT2D eigenvalue weighted by Gasteiger charge is 2.43. The van der Waals surface area contributed by atoms with Gasteiger partial charge in [-0.1, -0.05) is 5.21 Å². The van der Waals surface area contributed by atoms with Gasteiger partial charge in [0.2, 0.25) is 5.65 Å². The molecule has 146 valence electrons. The highest BCUT2D eigenvalue weighted by Crippen LogP contribution is 2.31. The molecule has 1 saturated heterocycles. The van der Waals surface area contributed by atoms with E-state index in [4.69, 9.17) is 15.6 Å². The Hall–Kier alpha value is -3.33. The molecule has 5 heterocycles. The summed E-state index contributed by atoms with van der Waals surface area (Å²) in [5, 5.41) is 38.6. The number of imidazole rings is 1. The van der Waals surface area contributed by atoms with Crippen molar-refractivity contribution in [1.82, 2.24) is 44.9 Å². The van der Waals surface area contributed by atoms with Gasteiger partial charge in [0, 0.05) is 0 Å². The second-order valence-electron chi connectivity index (χ2n) is 5.88. The minimum atomic E-state index is -1.19. The number of hydrogen-bond acceptors (Lipinski definition) is 12. The molecule has 14 heteroatoms. The summed E-state index contributed by atoms with van der Waals surface area (Å²) in [4.78, 5) is 19.5. The smallest absolute Gasteiger partial charge is 0.204 e. The summed E-state index contributed by atoms with van der Waals surface area (Å²) in [6, 6.07) is 0. The predicted molar refractivity (Wildman–Crippen MR) is 92.2 cm³/mol. The van der Waals surface area contributed by atoms with Crippen LogP contribution >= 0.6 is 0 Å². The summed E-state index contributed by atoms with van der Waals surface area (Å²) in [5.74, 6) is 0.218. The Morgan fingerprint density at radius 2 is 2.00 bits per heavy atom. The number of nitrogens with zero attached hydrogens (tertiary/aromatic N) is 8. The van der Waals surface area contributed by atoms with Gasteiger partial charge in [0.15, 0.2) is 17.7 Å². The number of hydrogen-bond donors (Lipinski definition) is 5. The van der Waals surface area contributed by atoms with Crippen molar-refractivity contribution in [1.29, 1.82) is 0 Å². The molecule has 0 aliphatic carbocycles. The number of nitrogens with one attached hydrogen (secondary N) is 1. The van der Waals surface area contributed by atoms with Gasteiger partial charge < -0.3 is 25.8 Å². The second kappa shape index (κ2) is 7.35. The van der Waals surface area contributed by atoms with Crippen LogP contribution in [0.4, 0.5) is 5.82 Å². The number of ether oxygens (including phenoxy) is 1. The topological polar surface area (TPSA) is 207 Å². The van der Waals surface area contributed by atoms with Crippen LogP contribution in [0.15, 0.2) is 25.2 Å². The molecule has 0 aromatic carbocycles. The number of aromatic nitrogens is 9. The molecule has 4 aromatic heterocycles. The monoisotopic (exact) mass is 388 g/mol. The van der Waals surface area contributed by atoms with Gasteiger partial charge in [-0.2, -0.15) is 0 Å². The van der Waals surface area contributed by atoms with Crippen LogP contribution in [0, 0.1) is 0 Å². The molecule has 4 aromatic rings. The summed E-state index contributed by atoms with van der Waals surface area (Å²) >= 11 is 0. The third-order valence-corrected chi connectivity index (χ3v) is 4.18. The van der Waals surface area contributed by atoms with E-state index in [0.717, 1.165) is 5.52 Å². The van der Waals surface area contributed by atoms with Crippen LogP contribution < -0.4 is 5.73 Å². The van der Waals surface area contributed by atoms with Gasteiger partial charge in [-0.15, -0.1) is 5.10 Å². The lowest BCUT2D eigenvalue weighted by molar-refractivity contribution is -0.0511. The quantitative estimate of drug-likeness (QED) is 0.247. The molecule has 0 bridgehead atoms. The van der Waals surface area contributed by atoms with Crippen LogP contribution in [0.1, 0.15) is 6.23 Å². The lowest BCUT2D eigenvalue weighted by atomic mass is 10.1. The number of H-pyrrole nitrogens is 1. The van der Waals surface area contributed by atoms with E-state index in [9.17, 15) is 10.2 Å². The molecule has 1 aliphatic heterocycles. The highest BCUT2D eigenvalue weighted by atomic mass is 16.6.